The Labute approximate surface area is 153 Å². The van der Waals surface area contributed by atoms with Crippen LogP contribution in [0.5, 0.6) is 0 Å². The molecule has 142 valence electrons. The molecule has 4 rings (SSSR count). The van der Waals surface area contributed by atoms with Gasteiger partial charge >= 0.3 is 0 Å². The molecule has 0 saturated carbocycles. The highest BCUT2D eigenvalue weighted by Crippen LogP contribution is 2.22. The molecular weight excluding hydrogens is 356 g/mol. The minimum atomic E-state index is -3.03. The van der Waals surface area contributed by atoms with Gasteiger partial charge in [0.15, 0.2) is 9.84 Å². The van der Waals surface area contributed by atoms with Gasteiger partial charge in [0.25, 0.3) is 0 Å². The first-order valence-corrected chi connectivity index (χ1v) is 11.0. The number of sulfone groups is 1. The highest BCUT2D eigenvalue weighted by molar-refractivity contribution is 7.91. The maximum absolute atomic E-state index is 12.3. The van der Waals surface area contributed by atoms with Crippen LogP contribution in [0, 0.1) is 5.92 Å². The molecule has 1 aromatic heterocycles. The summed E-state index contributed by atoms with van der Waals surface area (Å²) in [6.07, 6.45) is 4.75. The minimum absolute atomic E-state index is 0.00957. The predicted molar refractivity (Wildman–Crippen MR) is 95.5 cm³/mol. The summed E-state index contributed by atoms with van der Waals surface area (Å²) in [5.74, 6) is 0.366. The molecule has 0 unspecified atom stereocenters. The summed E-state index contributed by atoms with van der Waals surface area (Å²) in [6, 6.07) is 0.0908. The zero-order valence-electron chi connectivity index (χ0n) is 14.7. The number of carbonyl (C=O) groups excluding carboxylic acids is 1. The average molecular weight is 380 g/mol. The summed E-state index contributed by atoms with van der Waals surface area (Å²) in [4.78, 5) is 23.6. The van der Waals surface area contributed by atoms with Crippen LogP contribution >= 0.6 is 0 Å². The van der Waals surface area contributed by atoms with Crippen molar-refractivity contribution in [1.29, 1.82) is 0 Å². The molecule has 26 heavy (non-hydrogen) atoms. The molecule has 0 spiro atoms. The quantitative estimate of drug-likeness (QED) is 0.792. The van der Waals surface area contributed by atoms with Crippen molar-refractivity contribution in [2.24, 2.45) is 5.92 Å². The molecule has 3 aliphatic heterocycles. The smallest absolute Gasteiger partial charge is 0.225 e. The Morgan fingerprint density at radius 1 is 1.27 bits per heavy atom. The van der Waals surface area contributed by atoms with E-state index >= 15 is 0 Å². The lowest BCUT2D eigenvalue weighted by Gasteiger charge is -2.33. The summed E-state index contributed by atoms with van der Waals surface area (Å²) in [5, 5.41) is 3.03. The van der Waals surface area contributed by atoms with Gasteiger partial charge in [-0.25, -0.2) is 18.4 Å². The first-order valence-electron chi connectivity index (χ1n) is 9.18. The second-order valence-corrected chi connectivity index (χ2v) is 9.54. The average Bonchev–Trinajstić information content (AvgIpc) is 3.02. The van der Waals surface area contributed by atoms with E-state index in [2.05, 4.69) is 20.2 Å². The van der Waals surface area contributed by atoms with E-state index in [1.54, 1.807) is 0 Å². The zero-order chi connectivity index (χ0) is 18.1. The standard InChI is InChI=1S/C17H24N4O4S/c22-16(12-4-8-26(23,24)11-12)19-14-1-5-21(6-2-14)17-18-9-13-10-25-7-3-15(13)20-17/h9,12,14H,1-8,10-11H2,(H,19,22)/t12-/m1/s1. The van der Waals surface area contributed by atoms with Crippen molar-refractivity contribution < 1.29 is 17.9 Å². The van der Waals surface area contributed by atoms with E-state index in [9.17, 15) is 13.2 Å². The molecule has 2 fully saturated rings. The Kier molecular flexibility index (Phi) is 4.83. The van der Waals surface area contributed by atoms with Gasteiger partial charge in [-0.05, 0) is 19.3 Å². The number of amides is 1. The molecule has 1 amide bonds. The van der Waals surface area contributed by atoms with E-state index in [0.717, 1.165) is 49.6 Å². The van der Waals surface area contributed by atoms with Crippen molar-refractivity contribution in [3.8, 4) is 0 Å². The number of nitrogens with zero attached hydrogens (tertiary/aromatic N) is 3. The van der Waals surface area contributed by atoms with Gasteiger partial charge in [-0.2, -0.15) is 0 Å². The molecule has 4 heterocycles. The molecule has 2 saturated heterocycles. The number of rotatable bonds is 3. The third kappa shape index (κ3) is 3.83. The molecule has 1 atom stereocenters. The number of carbonyl (C=O) groups is 1. The largest absolute Gasteiger partial charge is 0.376 e. The van der Waals surface area contributed by atoms with Crippen molar-refractivity contribution in [2.75, 3.05) is 36.1 Å². The third-order valence-corrected chi connectivity index (χ3v) is 7.18. The summed E-state index contributed by atoms with van der Waals surface area (Å²) in [5.41, 5.74) is 2.13. The molecule has 0 aliphatic carbocycles. The summed E-state index contributed by atoms with van der Waals surface area (Å²) < 4.78 is 28.5. The Morgan fingerprint density at radius 2 is 2.08 bits per heavy atom. The van der Waals surface area contributed by atoms with E-state index in [1.165, 1.54) is 0 Å². The van der Waals surface area contributed by atoms with E-state index in [1.807, 2.05) is 6.20 Å². The Morgan fingerprint density at radius 3 is 2.81 bits per heavy atom. The topological polar surface area (TPSA) is 101 Å². The van der Waals surface area contributed by atoms with Gasteiger partial charge in [0.05, 0.1) is 36.3 Å². The van der Waals surface area contributed by atoms with Gasteiger partial charge in [0.1, 0.15) is 0 Å². The van der Waals surface area contributed by atoms with E-state index < -0.39 is 9.84 Å². The minimum Gasteiger partial charge on any atom is -0.376 e. The fraction of sp³-hybridized carbons (Fsp3) is 0.706. The van der Waals surface area contributed by atoms with Crippen LogP contribution < -0.4 is 10.2 Å². The predicted octanol–water partition coefficient (Wildman–Crippen LogP) is 0.0690. The normalized spacial score (nSPS) is 25.7. The summed E-state index contributed by atoms with van der Waals surface area (Å²) >= 11 is 0. The number of anilines is 1. The van der Waals surface area contributed by atoms with Gasteiger partial charge < -0.3 is 15.0 Å². The SMILES string of the molecule is O=C(NC1CCN(c2ncc3c(n2)CCOC3)CC1)[C@@H]1CCS(=O)(=O)C1. The number of piperidine rings is 1. The van der Waals surface area contributed by atoms with Crippen LogP contribution in [0.3, 0.4) is 0 Å². The number of hydrogen-bond acceptors (Lipinski definition) is 7. The lowest BCUT2D eigenvalue weighted by atomic mass is 10.0. The van der Waals surface area contributed by atoms with Crippen molar-refractivity contribution in [1.82, 2.24) is 15.3 Å². The molecule has 1 aromatic rings. The molecule has 9 heteroatoms. The summed E-state index contributed by atoms with van der Waals surface area (Å²) in [7, 11) is -3.03. The number of aromatic nitrogens is 2. The number of ether oxygens (including phenoxy) is 1. The second-order valence-electron chi connectivity index (χ2n) is 7.31. The van der Waals surface area contributed by atoms with E-state index in [0.29, 0.717) is 19.6 Å². The van der Waals surface area contributed by atoms with Gasteiger partial charge in [-0.1, -0.05) is 0 Å². The first-order chi connectivity index (χ1) is 12.5. The van der Waals surface area contributed by atoms with Crippen molar-refractivity contribution in [2.45, 2.75) is 38.3 Å². The third-order valence-electron chi connectivity index (χ3n) is 5.41. The summed E-state index contributed by atoms with van der Waals surface area (Å²) in [6.45, 7) is 2.85. The van der Waals surface area contributed by atoms with Gasteiger partial charge in [-0.3, -0.25) is 4.79 Å². The maximum Gasteiger partial charge on any atom is 0.225 e. The Balaban J connectivity index is 1.31. The van der Waals surface area contributed by atoms with E-state index in [-0.39, 0.29) is 29.4 Å². The molecule has 3 aliphatic rings. The lowest BCUT2D eigenvalue weighted by molar-refractivity contribution is -0.125. The maximum atomic E-state index is 12.3. The molecule has 8 nitrogen and oxygen atoms in total. The van der Waals surface area contributed by atoms with Crippen LogP contribution in [-0.4, -0.2) is 61.5 Å². The molecule has 0 bridgehead atoms. The van der Waals surface area contributed by atoms with Crippen LogP contribution in [0.25, 0.3) is 0 Å². The van der Waals surface area contributed by atoms with Gasteiger partial charge in [-0.15, -0.1) is 0 Å². The first kappa shape index (κ1) is 17.7. The van der Waals surface area contributed by atoms with Crippen molar-refractivity contribution in [3.63, 3.8) is 0 Å². The second kappa shape index (κ2) is 7.11. The fourth-order valence-electron chi connectivity index (χ4n) is 3.82. The molecular formula is C17H24N4O4S. The van der Waals surface area contributed by atoms with Crippen LogP contribution in [-0.2, 0) is 32.4 Å². The van der Waals surface area contributed by atoms with Crippen molar-refractivity contribution in [3.05, 3.63) is 17.5 Å². The van der Waals surface area contributed by atoms with Crippen LogP contribution in [0.4, 0.5) is 5.95 Å². The molecule has 1 N–H and O–H groups in total. The number of hydrogen-bond donors (Lipinski definition) is 1. The van der Waals surface area contributed by atoms with Crippen LogP contribution in [0.2, 0.25) is 0 Å². The highest BCUT2D eigenvalue weighted by Gasteiger charge is 2.34. The van der Waals surface area contributed by atoms with Crippen molar-refractivity contribution >= 4 is 21.7 Å². The van der Waals surface area contributed by atoms with Crippen LogP contribution in [0.15, 0.2) is 6.20 Å². The fourth-order valence-corrected chi connectivity index (χ4v) is 5.56. The van der Waals surface area contributed by atoms with Gasteiger partial charge in [0.2, 0.25) is 11.9 Å². The van der Waals surface area contributed by atoms with Gasteiger partial charge in [0, 0.05) is 37.3 Å². The zero-order valence-corrected chi connectivity index (χ0v) is 15.5. The number of nitrogens with one attached hydrogen (secondary N) is 1. The molecule has 0 radical (unpaired) electrons. The van der Waals surface area contributed by atoms with Crippen LogP contribution in [0.1, 0.15) is 30.5 Å². The lowest BCUT2D eigenvalue weighted by Crippen LogP contribution is -2.47. The Hall–Kier alpha value is -1.74. The monoisotopic (exact) mass is 380 g/mol. The molecule has 0 aromatic carbocycles. The highest BCUT2D eigenvalue weighted by atomic mass is 32.2. The Bertz CT molecular complexity index is 790. The number of fused-ring (bicyclic) bond motifs is 1. The van der Waals surface area contributed by atoms with E-state index in [4.69, 9.17) is 4.74 Å².